The van der Waals surface area contributed by atoms with Crippen molar-refractivity contribution in [1.29, 1.82) is 0 Å². The first-order valence-corrected chi connectivity index (χ1v) is 8.72. The number of para-hydroxylation sites is 1. The summed E-state index contributed by atoms with van der Waals surface area (Å²) in [5.74, 6) is 0.570. The van der Waals surface area contributed by atoms with Gasteiger partial charge in [0.25, 0.3) is 5.91 Å². The van der Waals surface area contributed by atoms with Gasteiger partial charge in [-0.15, -0.1) is 0 Å². The highest BCUT2D eigenvalue weighted by molar-refractivity contribution is 5.94. The van der Waals surface area contributed by atoms with Crippen molar-refractivity contribution in [2.45, 2.75) is 19.9 Å². The number of fused-ring (bicyclic) bond motifs is 3. The van der Waals surface area contributed by atoms with Gasteiger partial charge in [0.15, 0.2) is 12.4 Å². The topological polar surface area (TPSA) is 62.4 Å². The van der Waals surface area contributed by atoms with Crippen molar-refractivity contribution in [3.8, 4) is 5.75 Å². The summed E-state index contributed by atoms with van der Waals surface area (Å²) in [5.41, 5.74) is 4.17. The summed E-state index contributed by atoms with van der Waals surface area (Å²) in [7, 11) is 0. The maximum atomic E-state index is 12.6. The Bertz CT molecular complexity index is 973. The minimum absolute atomic E-state index is 0.00287. The van der Waals surface area contributed by atoms with Crippen molar-refractivity contribution < 1.29 is 14.3 Å². The monoisotopic (exact) mass is 348 g/mol. The van der Waals surface area contributed by atoms with Crippen LogP contribution in [0.5, 0.6) is 5.75 Å². The number of carbonyl (C=O) groups excluding carboxylic acids is 2. The number of hydrogen-bond acceptors (Lipinski definition) is 3. The Balaban J connectivity index is 1.42. The fraction of sp³-hybridized carbons (Fsp3) is 0.238. The minimum atomic E-state index is -0.0309. The van der Waals surface area contributed by atoms with Crippen molar-refractivity contribution in [2.24, 2.45) is 0 Å². The molecule has 0 atom stereocenters. The highest BCUT2D eigenvalue weighted by Crippen LogP contribution is 2.27. The number of benzene rings is 2. The first kappa shape index (κ1) is 16.4. The van der Waals surface area contributed by atoms with Gasteiger partial charge in [-0.3, -0.25) is 9.59 Å². The molecule has 1 aromatic heterocycles. The molecule has 0 fully saturated rings. The largest absolute Gasteiger partial charge is 0.484 e. The van der Waals surface area contributed by atoms with E-state index in [-0.39, 0.29) is 18.3 Å². The number of aromatic nitrogens is 1. The van der Waals surface area contributed by atoms with Gasteiger partial charge >= 0.3 is 0 Å². The molecule has 0 spiro atoms. The van der Waals surface area contributed by atoms with Gasteiger partial charge in [0, 0.05) is 47.2 Å². The summed E-state index contributed by atoms with van der Waals surface area (Å²) in [6, 6.07) is 15.0. The molecule has 5 nitrogen and oxygen atoms in total. The summed E-state index contributed by atoms with van der Waals surface area (Å²) in [6.45, 7) is 2.81. The van der Waals surface area contributed by atoms with Crippen LogP contribution in [0.15, 0.2) is 48.5 Å². The van der Waals surface area contributed by atoms with Gasteiger partial charge in [-0.1, -0.05) is 18.2 Å². The maximum Gasteiger partial charge on any atom is 0.260 e. The third kappa shape index (κ3) is 3.08. The van der Waals surface area contributed by atoms with Gasteiger partial charge in [0.05, 0.1) is 0 Å². The number of ether oxygens (including phenoxy) is 1. The maximum absolute atomic E-state index is 12.6. The zero-order valence-corrected chi connectivity index (χ0v) is 14.6. The number of ketones is 1. The number of H-pyrrole nitrogens is 1. The predicted octanol–water partition coefficient (Wildman–Crippen LogP) is 3.33. The minimum Gasteiger partial charge on any atom is -0.484 e. The molecule has 26 heavy (non-hydrogen) atoms. The van der Waals surface area contributed by atoms with Crippen LogP contribution in [0.25, 0.3) is 10.9 Å². The van der Waals surface area contributed by atoms with Crippen LogP contribution in [0, 0.1) is 0 Å². The predicted molar refractivity (Wildman–Crippen MR) is 99.4 cm³/mol. The van der Waals surface area contributed by atoms with E-state index >= 15 is 0 Å². The fourth-order valence-corrected chi connectivity index (χ4v) is 3.40. The van der Waals surface area contributed by atoms with Crippen LogP contribution in [-0.4, -0.2) is 34.7 Å². The summed E-state index contributed by atoms with van der Waals surface area (Å²) in [4.78, 5) is 29.1. The number of nitrogens with one attached hydrogen (secondary N) is 1. The Morgan fingerprint density at radius 2 is 1.88 bits per heavy atom. The highest BCUT2D eigenvalue weighted by atomic mass is 16.5. The van der Waals surface area contributed by atoms with Crippen molar-refractivity contribution >= 4 is 22.6 Å². The number of rotatable bonds is 4. The number of Topliss-reactive ketones (excluding diaryl/α,β-unsaturated/α-hetero) is 1. The molecule has 1 aliphatic rings. The average molecular weight is 348 g/mol. The molecule has 0 aliphatic carbocycles. The van der Waals surface area contributed by atoms with Gasteiger partial charge in [0.2, 0.25) is 0 Å². The van der Waals surface area contributed by atoms with E-state index in [2.05, 4.69) is 17.1 Å². The smallest absolute Gasteiger partial charge is 0.260 e. The molecular formula is C21H20N2O3. The van der Waals surface area contributed by atoms with Crippen LogP contribution < -0.4 is 4.74 Å². The lowest BCUT2D eigenvalue weighted by atomic mass is 10.0. The summed E-state index contributed by atoms with van der Waals surface area (Å²) in [5, 5.41) is 1.18. The lowest BCUT2D eigenvalue weighted by molar-refractivity contribution is -0.134. The molecular weight excluding hydrogens is 328 g/mol. The quantitative estimate of drug-likeness (QED) is 0.736. The van der Waals surface area contributed by atoms with Crippen LogP contribution in [-0.2, 0) is 17.8 Å². The lowest BCUT2D eigenvalue weighted by Crippen LogP contribution is -2.38. The summed E-state index contributed by atoms with van der Waals surface area (Å²) < 4.78 is 5.60. The fourth-order valence-electron chi connectivity index (χ4n) is 3.40. The van der Waals surface area contributed by atoms with Crippen LogP contribution in [0.4, 0.5) is 0 Å². The summed E-state index contributed by atoms with van der Waals surface area (Å²) in [6.07, 6.45) is 0.822. The van der Waals surface area contributed by atoms with Crippen LogP contribution in [0.2, 0.25) is 0 Å². The number of nitrogens with zero attached hydrogens (tertiary/aromatic N) is 1. The van der Waals surface area contributed by atoms with E-state index in [0.29, 0.717) is 24.4 Å². The van der Waals surface area contributed by atoms with Crippen LogP contribution >= 0.6 is 0 Å². The highest BCUT2D eigenvalue weighted by Gasteiger charge is 2.24. The second-order valence-corrected chi connectivity index (χ2v) is 6.56. The van der Waals surface area contributed by atoms with Crippen molar-refractivity contribution in [3.05, 3.63) is 65.4 Å². The second kappa shape index (κ2) is 6.67. The lowest BCUT2D eigenvalue weighted by Gasteiger charge is -2.27. The molecule has 1 N–H and O–H groups in total. The Morgan fingerprint density at radius 3 is 2.65 bits per heavy atom. The average Bonchev–Trinajstić information content (AvgIpc) is 3.04. The van der Waals surface area contributed by atoms with Gasteiger partial charge in [-0.05, 0) is 37.3 Å². The molecule has 0 unspecified atom stereocenters. The number of carbonyl (C=O) groups is 2. The normalized spacial score (nSPS) is 13.5. The molecule has 1 amide bonds. The number of hydrogen-bond donors (Lipinski definition) is 1. The molecule has 132 valence electrons. The molecule has 3 aromatic rings. The Hall–Kier alpha value is -3.08. The Kier molecular flexibility index (Phi) is 4.21. The number of amides is 1. The summed E-state index contributed by atoms with van der Waals surface area (Å²) >= 11 is 0. The van der Waals surface area contributed by atoms with Crippen molar-refractivity contribution in [3.63, 3.8) is 0 Å². The first-order chi connectivity index (χ1) is 12.6. The molecule has 5 heteroatoms. The van der Waals surface area contributed by atoms with E-state index in [4.69, 9.17) is 4.74 Å². The molecule has 2 heterocycles. The Labute approximate surface area is 151 Å². The van der Waals surface area contributed by atoms with Crippen LogP contribution in [0.1, 0.15) is 28.5 Å². The van der Waals surface area contributed by atoms with E-state index in [0.717, 1.165) is 11.9 Å². The van der Waals surface area contributed by atoms with E-state index in [9.17, 15) is 9.59 Å². The molecule has 4 rings (SSSR count). The second-order valence-electron chi connectivity index (χ2n) is 6.56. The molecule has 0 saturated heterocycles. The van der Waals surface area contributed by atoms with Crippen molar-refractivity contribution in [2.75, 3.05) is 13.2 Å². The SMILES string of the molecule is CC(=O)c1ccc(OCC(=O)N2CCc3[nH]c4ccccc4c3C2)cc1. The zero-order valence-electron chi connectivity index (χ0n) is 14.6. The van der Waals surface area contributed by atoms with E-state index < -0.39 is 0 Å². The van der Waals surface area contributed by atoms with Gasteiger partial charge in [-0.2, -0.15) is 0 Å². The van der Waals surface area contributed by atoms with E-state index in [1.807, 2.05) is 17.0 Å². The van der Waals surface area contributed by atoms with E-state index in [1.54, 1.807) is 24.3 Å². The van der Waals surface area contributed by atoms with Gasteiger partial charge < -0.3 is 14.6 Å². The molecule has 0 radical (unpaired) electrons. The van der Waals surface area contributed by atoms with Gasteiger partial charge in [-0.25, -0.2) is 0 Å². The molecule has 0 bridgehead atoms. The van der Waals surface area contributed by atoms with Crippen molar-refractivity contribution in [1.82, 2.24) is 9.88 Å². The first-order valence-electron chi connectivity index (χ1n) is 8.72. The molecule has 0 saturated carbocycles. The molecule has 2 aromatic carbocycles. The zero-order chi connectivity index (χ0) is 18.1. The third-order valence-electron chi connectivity index (χ3n) is 4.86. The third-order valence-corrected chi connectivity index (χ3v) is 4.86. The van der Waals surface area contributed by atoms with Crippen LogP contribution in [0.3, 0.4) is 0 Å². The molecule has 1 aliphatic heterocycles. The number of aromatic amines is 1. The Morgan fingerprint density at radius 1 is 1.12 bits per heavy atom. The van der Waals surface area contributed by atoms with E-state index in [1.165, 1.54) is 23.6 Å². The van der Waals surface area contributed by atoms with Gasteiger partial charge in [0.1, 0.15) is 5.75 Å². The standard InChI is InChI=1S/C21H20N2O3/c1-14(24)15-6-8-16(9-7-15)26-13-21(25)23-11-10-20-18(12-23)17-4-2-3-5-19(17)22-20/h2-9,22H,10-13H2,1H3.